The molecular weight excluding hydrogens is 259 g/mol. The summed E-state index contributed by atoms with van der Waals surface area (Å²) in [6.07, 6.45) is 0. The Bertz CT molecular complexity index is 448. The number of anilines is 1. The van der Waals surface area contributed by atoms with Crippen molar-refractivity contribution in [1.29, 1.82) is 0 Å². The van der Waals surface area contributed by atoms with Crippen LogP contribution in [0.2, 0.25) is 10.0 Å². The van der Waals surface area contributed by atoms with Gasteiger partial charge in [-0.2, -0.15) is 0 Å². The van der Waals surface area contributed by atoms with E-state index in [0.29, 0.717) is 15.7 Å². The van der Waals surface area contributed by atoms with E-state index in [1.54, 1.807) is 0 Å². The van der Waals surface area contributed by atoms with Crippen LogP contribution in [0, 0.1) is 0 Å². The maximum atomic E-state index is 11.3. The van der Waals surface area contributed by atoms with Crippen molar-refractivity contribution in [3.63, 3.8) is 0 Å². The molecular formula is C8H10Cl2N2O2S. The van der Waals surface area contributed by atoms with Gasteiger partial charge >= 0.3 is 0 Å². The van der Waals surface area contributed by atoms with Crippen LogP contribution < -0.4 is 10.5 Å². The average molecular weight is 269 g/mol. The number of rotatable bonds is 4. The van der Waals surface area contributed by atoms with Crippen LogP contribution in [0.15, 0.2) is 18.2 Å². The fourth-order valence-electron chi connectivity index (χ4n) is 0.945. The number of hydrogen-bond donors (Lipinski definition) is 2. The van der Waals surface area contributed by atoms with Crippen LogP contribution >= 0.6 is 23.2 Å². The SMILES string of the molecule is NCCS(=O)(=O)Nc1ccc(Cl)c(Cl)c1. The molecule has 7 heteroatoms. The second-order valence-electron chi connectivity index (χ2n) is 2.84. The van der Waals surface area contributed by atoms with Crippen molar-refractivity contribution in [3.05, 3.63) is 28.2 Å². The first kappa shape index (κ1) is 12.6. The molecule has 0 unspecified atom stereocenters. The maximum absolute atomic E-state index is 11.3. The summed E-state index contributed by atoms with van der Waals surface area (Å²) in [6.45, 7) is 0.0661. The van der Waals surface area contributed by atoms with Gasteiger partial charge in [0.05, 0.1) is 21.5 Å². The highest BCUT2D eigenvalue weighted by Gasteiger charge is 2.09. The summed E-state index contributed by atoms with van der Waals surface area (Å²) in [7, 11) is -3.39. The van der Waals surface area contributed by atoms with Crippen molar-refractivity contribution >= 4 is 38.9 Å². The largest absolute Gasteiger partial charge is 0.329 e. The van der Waals surface area contributed by atoms with E-state index in [4.69, 9.17) is 28.9 Å². The van der Waals surface area contributed by atoms with Gasteiger partial charge < -0.3 is 5.73 Å². The van der Waals surface area contributed by atoms with Crippen molar-refractivity contribution in [2.75, 3.05) is 17.0 Å². The minimum absolute atomic E-state index is 0.0661. The molecule has 0 aliphatic heterocycles. The lowest BCUT2D eigenvalue weighted by molar-refractivity contribution is 0.601. The zero-order chi connectivity index (χ0) is 11.5. The third-order valence-corrected chi connectivity index (χ3v) is 3.64. The van der Waals surface area contributed by atoms with Crippen molar-refractivity contribution in [1.82, 2.24) is 0 Å². The summed E-state index contributed by atoms with van der Waals surface area (Å²) in [4.78, 5) is 0. The number of benzene rings is 1. The number of nitrogens with two attached hydrogens (primary N) is 1. The van der Waals surface area contributed by atoms with Crippen LogP contribution in [0.4, 0.5) is 5.69 Å². The highest BCUT2D eigenvalue weighted by molar-refractivity contribution is 7.92. The summed E-state index contributed by atoms with van der Waals surface area (Å²) >= 11 is 11.4. The van der Waals surface area contributed by atoms with E-state index in [2.05, 4.69) is 4.72 Å². The van der Waals surface area contributed by atoms with Crippen LogP contribution in [-0.2, 0) is 10.0 Å². The number of nitrogens with one attached hydrogen (secondary N) is 1. The first-order valence-electron chi connectivity index (χ1n) is 4.10. The third kappa shape index (κ3) is 3.87. The minimum Gasteiger partial charge on any atom is -0.329 e. The predicted molar refractivity (Wildman–Crippen MR) is 62.9 cm³/mol. The molecule has 84 valence electrons. The number of sulfonamides is 1. The monoisotopic (exact) mass is 268 g/mol. The zero-order valence-corrected chi connectivity index (χ0v) is 10.0. The van der Waals surface area contributed by atoms with Crippen molar-refractivity contribution < 1.29 is 8.42 Å². The Hall–Kier alpha value is -0.490. The van der Waals surface area contributed by atoms with Gasteiger partial charge in [-0.1, -0.05) is 23.2 Å². The van der Waals surface area contributed by atoms with E-state index in [1.165, 1.54) is 18.2 Å². The Labute approximate surface area is 98.4 Å². The lowest BCUT2D eigenvalue weighted by Crippen LogP contribution is -2.22. The Kier molecular flexibility index (Phi) is 4.21. The molecule has 0 fully saturated rings. The standard InChI is InChI=1S/C8H10Cl2N2O2S/c9-7-2-1-6(5-8(7)10)12-15(13,14)4-3-11/h1-2,5,12H,3-4,11H2. The number of halogens is 2. The molecule has 0 saturated heterocycles. The molecule has 1 rings (SSSR count). The Balaban J connectivity index is 2.86. The predicted octanol–water partition coefficient (Wildman–Crippen LogP) is 1.69. The third-order valence-electron chi connectivity index (χ3n) is 1.58. The van der Waals surface area contributed by atoms with E-state index in [0.717, 1.165) is 0 Å². The van der Waals surface area contributed by atoms with Gasteiger partial charge in [-0.05, 0) is 18.2 Å². The molecule has 0 atom stereocenters. The van der Waals surface area contributed by atoms with E-state index in [-0.39, 0.29) is 12.3 Å². The van der Waals surface area contributed by atoms with E-state index in [1.807, 2.05) is 0 Å². The molecule has 0 spiro atoms. The topological polar surface area (TPSA) is 72.2 Å². The van der Waals surface area contributed by atoms with E-state index < -0.39 is 10.0 Å². The summed E-state index contributed by atoms with van der Waals surface area (Å²) in [5, 5.41) is 0.669. The van der Waals surface area contributed by atoms with Crippen molar-refractivity contribution in [3.8, 4) is 0 Å². The van der Waals surface area contributed by atoms with Gasteiger partial charge in [0.15, 0.2) is 0 Å². The first-order valence-corrected chi connectivity index (χ1v) is 6.51. The second kappa shape index (κ2) is 5.03. The van der Waals surface area contributed by atoms with Gasteiger partial charge in [0.2, 0.25) is 10.0 Å². The molecule has 1 aromatic rings. The molecule has 15 heavy (non-hydrogen) atoms. The van der Waals surface area contributed by atoms with Gasteiger partial charge in [0.1, 0.15) is 0 Å². The first-order chi connectivity index (χ1) is 6.94. The maximum Gasteiger partial charge on any atom is 0.233 e. The number of hydrogen-bond acceptors (Lipinski definition) is 3. The molecule has 0 aliphatic carbocycles. The second-order valence-corrected chi connectivity index (χ2v) is 5.49. The Morgan fingerprint density at radius 1 is 1.27 bits per heavy atom. The summed E-state index contributed by atoms with van der Waals surface area (Å²) in [5.74, 6) is -0.132. The molecule has 3 N–H and O–H groups in total. The summed E-state index contributed by atoms with van der Waals surface area (Å²) < 4.78 is 25.0. The fourth-order valence-corrected chi connectivity index (χ4v) is 2.14. The highest BCUT2D eigenvalue weighted by Crippen LogP contribution is 2.25. The van der Waals surface area contributed by atoms with Crippen LogP contribution in [0.1, 0.15) is 0 Å². The molecule has 0 amide bonds. The van der Waals surface area contributed by atoms with E-state index >= 15 is 0 Å². The molecule has 0 heterocycles. The molecule has 0 bridgehead atoms. The van der Waals surface area contributed by atoms with Crippen LogP contribution in [0.3, 0.4) is 0 Å². The molecule has 1 aromatic carbocycles. The minimum atomic E-state index is -3.39. The lowest BCUT2D eigenvalue weighted by atomic mass is 10.3. The van der Waals surface area contributed by atoms with Crippen LogP contribution in [0.5, 0.6) is 0 Å². The smallest absolute Gasteiger partial charge is 0.233 e. The zero-order valence-electron chi connectivity index (χ0n) is 7.70. The average Bonchev–Trinajstić information content (AvgIpc) is 2.10. The van der Waals surface area contributed by atoms with E-state index in [9.17, 15) is 8.42 Å². The summed E-state index contributed by atoms with van der Waals surface area (Å²) in [5.41, 5.74) is 5.53. The normalized spacial score (nSPS) is 11.4. The van der Waals surface area contributed by atoms with Gasteiger partial charge in [-0.3, -0.25) is 4.72 Å². The Morgan fingerprint density at radius 3 is 2.47 bits per heavy atom. The molecule has 0 radical (unpaired) electrons. The lowest BCUT2D eigenvalue weighted by Gasteiger charge is -2.07. The molecule has 0 aromatic heterocycles. The summed E-state index contributed by atoms with van der Waals surface area (Å²) in [6, 6.07) is 4.49. The quantitative estimate of drug-likeness (QED) is 0.873. The Morgan fingerprint density at radius 2 is 1.93 bits per heavy atom. The van der Waals surface area contributed by atoms with Gasteiger partial charge in [-0.15, -0.1) is 0 Å². The van der Waals surface area contributed by atoms with Gasteiger partial charge in [-0.25, -0.2) is 8.42 Å². The van der Waals surface area contributed by atoms with Crippen LogP contribution in [0.25, 0.3) is 0 Å². The molecule has 0 aliphatic rings. The fraction of sp³-hybridized carbons (Fsp3) is 0.250. The van der Waals surface area contributed by atoms with Gasteiger partial charge in [0, 0.05) is 6.54 Å². The highest BCUT2D eigenvalue weighted by atomic mass is 35.5. The van der Waals surface area contributed by atoms with Crippen LogP contribution in [-0.4, -0.2) is 20.7 Å². The van der Waals surface area contributed by atoms with Gasteiger partial charge in [0.25, 0.3) is 0 Å². The molecule has 4 nitrogen and oxygen atoms in total. The van der Waals surface area contributed by atoms with Crippen molar-refractivity contribution in [2.45, 2.75) is 0 Å². The van der Waals surface area contributed by atoms with Crippen molar-refractivity contribution in [2.24, 2.45) is 5.73 Å². The molecule has 0 saturated carbocycles.